The molecule has 0 spiro atoms. The van der Waals surface area contributed by atoms with Gasteiger partial charge in [-0.2, -0.15) is 8.42 Å². The first kappa shape index (κ1) is 15.9. The second kappa shape index (κ2) is 5.74. The minimum atomic E-state index is -3.83. The Labute approximate surface area is 142 Å². The number of hydrogen-bond donors (Lipinski definition) is 0. The third-order valence-corrected chi connectivity index (χ3v) is 6.52. The van der Waals surface area contributed by atoms with Crippen molar-refractivity contribution in [1.29, 1.82) is 0 Å². The second-order valence-corrected chi connectivity index (χ2v) is 8.84. The van der Waals surface area contributed by atoms with E-state index >= 15 is 0 Å². The van der Waals surface area contributed by atoms with E-state index in [1.54, 1.807) is 12.1 Å². The molecule has 0 aromatic heterocycles. The van der Waals surface area contributed by atoms with Crippen LogP contribution in [-0.2, 0) is 14.3 Å². The van der Waals surface area contributed by atoms with Gasteiger partial charge >= 0.3 is 10.1 Å². The lowest BCUT2D eigenvalue weighted by atomic mass is 9.76. The zero-order valence-electron chi connectivity index (χ0n) is 13.9. The van der Waals surface area contributed by atoms with Gasteiger partial charge < -0.3 is 4.74 Å². The molecular formula is C19H22O4S. The summed E-state index contributed by atoms with van der Waals surface area (Å²) in [4.78, 5) is 0.161. The van der Waals surface area contributed by atoms with Crippen LogP contribution in [0.25, 0.3) is 10.8 Å². The van der Waals surface area contributed by atoms with E-state index in [0.29, 0.717) is 23.0 Å². The molecule has 0 N–H and O–H groups in total. The molecule has 1 saturated carbocycles. The highest BCUT2D eigenvalue weighted by Gasteiger charge is 2.40. The summed E-state index contributed by atoms with van der Waals surface area (Å²) in [7, 11) is -3.83. The highest BCUT2D eigenvalue weighted by Crippen LogP contribution is 2.43. The van der Waals surface area contributed by atoms with Crippen LogP contribution in [0.5, 0.6) is 5.75 Å². The van der Waals surface area contributed by atoms with E-state index in [0.717, 1.165) is 18.2 Å². The SMILES string of the molecule is CC1CC(C)CC(C2Oc3ccc4ccccc4c3S(=O)(=O)O2)C1. The summed E-state index contributed by atoms with van der Waals surface area (Å²) in [6, 6.07) is 11.1. The monoisotopic (exact) mass is 346 g/mol. The molecular weight excluding hydrogens is 324 g/mol. The Morgan fingerprint density at radius 2 is 1.67 bits per heavy atom. The van der Waals surface area contributed by atoms with Crippen molar-refractivity contribution in [1.82, 2.24) is 0 Å². The molecule has 0 saturated heterocycles. The van der Waals surface area contributed by atoms with Crippen LogP contribution < -0.4 is 4.74 Å². The lowest BCUT2D eigenvalue weighted by Crippen LogP contribution is -2.39. The van der Waals surface area contributed by atoms with Crippen molar-refractivity contribution >= 4 is 20.9 Å². The molecule has 1 aliphatic heterocycles. The van der Waals surface area contributed by atoms with Gasteiger partial charge in [0.05, 0.1) is 0 Å². The van der Waals surface area contributed by atoms with E-state index in [1.807, 2.05) is 24.3 Å². The van der Waals surface area contributed by atoms with Crippen molar-refractivity contribution in [3.63, 3.8) is 0 Å². The van der Waals surface area contributed by atoms with Crippen molar-refractivity contribution in [2.75, 3.05) is 0 Å². The maximum absolute atomic E-state index is 12.8. The molecule has 4 rings (SSSR count). The van der Waals surface area contributed by atoms with E-state index in [-0.39, 0.29) is 10.8 Å². The quantitative estimate of drug-likeness (QED) is 0.721. The van der Waals surface area contributed by atoms with Gasteiger partial charge in [0.15, 0.2) is 0 Å². The molecule has 3 unspecified atom stereocenters. The Bertz CT molecular complexity index is 864. The average molecular weight is 346 g/mol. The van der Waals surface area contributed by atoms with Crippen LogP contribution in [0.15, 0.2) is 41.3 Å². The topological polar surface area (TPSA) is 52.6 Å². The van der Waals surface area contributed by atoms with Gasteiger partial charge in [-0.1, -0.05) is 44.2 Å². The molecule has 0 amide bonds. The van der Waals surface area contributed by atoms with Crippen LogP contribution in [0.2, 0.25) is 0 Å². The third kappa shape index (κ3) is 2.70. The molecule has 5 heteroatoms. The molecule has 3 atom stereocenters. The van der Waals surface area contributed by atoms with Crippen molar-refractivity contribution in [2.24, 2.45) is 17.8 Å². The average Bonchev–Trinajstić information content (AvgIpc) is 2.52. The molecule has 1 fully saturated rings. The normalized spacial score (nSPS) is 32.1. The summed E-state index contributed by atoms with van der Waals surface area (Å²) >= 11 is 0. The van der Waals surface area contributed by atoms with Gasteiger partial charge in [-0.15, -0.1) is 0 Å². The summed E-state index contributed by atoms with van der Waals surface area (Å²) in [5.41, 5.74) is 0. The fourth-order valence-corrected chi connectivity index (χ4v) is 5.66. The van der Waals surface area contributed by atoms with Gasteiger partial charge in [-0.3, -0.25) is 0 Å². The van der Waals surface area contributed by atoms with Crippen molar-refractivity contribution in [3.05, 3.63) is 36.4 Å². The smallest absolute Gasteiger partial charge is 0.304 e. The second-order valence-electron chi connectivity index (χ2n) is 7.33. The molecule has 1 heterocycles. The number of hydrogen-bond acceptors (Lipinski definition) is 4. The molecule has 24 heavy (non-hydrogen) atoms. The molecule has 1 aliphatic carbocycles. The van der Waals surface area contributed by atoms with E-state index < -0.39 is 16.4 Å². The summed E-state index contributed by atoms with van der Waals surface area (Å²) in [5.74, 6) is 1.65. The highest BCUT2D eigenvalue weighted by molar-refractivity contribution is 7.87. The van der Waals surface area contributed by atoms with Crippen LogP contribution in [0.4, 0.5) is 0 Å². The summed E-state index contributed by atoms with van der Waals surface area (Å²) < 4.78 is 37.1. The van der Waals surface area contributed by atoms with Crippen LogP contribution >= 0.6 is 0 Å². The predicted molar refractivity (Wildman–Crippen MR) is 92.3 cm³/mol. The molecule has 2 aliphatic rings. The van der Waals surface area contributed by atoms with E-state index in [2.05, 4.69) is 13.8 Å². The minimum absolute atomic E-state index is 0.109. The first-order chi connectivity index (χ1) is 11.4. The maximum atomic E-state index is 12.8. The fourth-order valence-electron chi connectivity index (χ4n) is 4.30. The number of rotatable bonds is 1. The number of ether oxygens (including phenoxy) is 1. The van der Waals surface area contributed by atoms with Gasteiger partial charge in [0.25, 0.3) is 0 Å². The Morgan fingerprint density at radius 3 is 2.42 bits per heavy atom. The van der Waals surface area contributed by atoms with Gasteiger partial charge in [0.2, 0.25) is 6.29 Å². The van der Waals surface area contributed by atoms with Crippen molar-refractivity contribution in [3.8, 4) is 5.75 Å². The number of fused-ring (bicyclic) bond motifs is 3. The highest BCUT2D eigenvalue weighted by atomic mass is 32.2. The molecule has 2 aromatic rings. The largest absolute Gasteiger partial charge is 0.462 e. The third-order valence-electron chi connectivity index (χ3n) is 5.16. The van der Waals surface area contributed by atoms with Crippen molar-refractivity contribution < 1.29 is 17.3 Å². The van der Waals surface area contributed by atoms with Gasteiger partial charge in [-0.25, -0.2) is 4.18 Å². The zero-order valence-corrected chi connectivity index (χ0v) is 14.8. The van der Waals surface area contributed by atoms with Gasteiger partial charge in [0.1, 0.15) is 10.6 Å². The number of benzene rings is 2. The van der Waals surface area contributed by atoms with Crippen molar-refractivity contribution in [2.45, 2.75) is 44.3 Å². The van der Waals surface area contributed by atoms with Crippen LogP contribution in [-0.4, -0.2) is 14.7 Å². The molecule has 0 bridgehead atoms. The lowest BCUT2D eigenvalue weighted by molar-refractivity contribution is -0.0688. The van der Waals surface area contributed by atoms with Crippen LogP contribution in [0, 0.1) is 17.8 Å². The standard InChI is InChI=1S/C19H22O4S/c1-12-9-13(2)11-15(10-12)19-22-17-8-7-14-5-3-4-6-16(14)18(17)24(20,21)23-19/h3-8,12-13,15,19H,9-11H2,1-2H3. The zero-order chi connectivity index (χ0) is 16.9. The first-order valence-electron chi connectivity index (χ1n) is 8.56. The van der Waals surface area contributed by atoms with E-state index in [4.69, 9.17) is 8.92 Å². The maximum Gasteiger partial charge on any atom is 0.304 e. The molecule has 4 nitrogen and oxygen atoms in total. The van der Waals surface area contributed by atoms with Crippen LogP contribution in [0.3, 0.4) is 0 Å². The Kier molecular flexibility index (Phi) is 3.81. The molecule has 0 radical (unpaired) electrons. The Balaban J connectivity index is 1.75. The summed E-state index contributed by atoms with van der Waals surface area (Å²) in [6.45, 7) is 4.42. The molecule has 128 valence electrons. The fraction of sp³-hybridized carbons (Fsp3) is 0.474. The Hall–Kier alpha value is -1.59. The predicted octanol–water partition coefficient (Wildman–Crippen LogP) is 4.34. The first-order valence-corrected chi connectivity index (χ1v) is 9.96. The van der Waals surface area contributed by atoms with Crippen LogP contribution in [0.1, 0.15) is 33.1 Å². The van der Waals surface area contributed by atoms with E-state index in [1.165, 1.54) is 6.42 Å². The summed E-state index contributed by atoms with van der Waals surface area (Å²) in [5, 5.41) is 1.52. The Morgan fingerprint density at radius 1 is 0.958 bits per heavy atom. The summed E-state index contributed by atoms with van der Waals surface area (Å²) in [6.07, 6.45) is 2.34. The van der Waals surface area contributed by atoms with Gasteiger partial charge in [0, 0.05) is 11.3 Å². The van der Waals surface area contributed by atoms with Gasteiger partial charge in [-0.05, 0) is 42.6 Å². The minimum Gasteiger partial charge on any atom is -0.462 e. The van der Waals surface area contributed by atoms with E-state index in [9.17, 15) is 8.42 Å². The lowest BCUT2D eigenvalue weighted by Gasteiger charge is -2.37. The molecule has 2 aromatic carbocycles.